The van der Waals surface area contributed by atoms with E-state index in [4.69, 9.17) is 25.8 Å². The van der Waals surface area contributed by atoms with Gasteiger partial charge in [-0.1, -0.05) is 23.7 Å². The summed E-state index contributed by atoms with van der Waals surface area (Å²) in [5.74, 6) is -0.474. The van der Waals surface area contributed by atoms with E-state index in [1.807, 2.05) is 25.1 Å². The molecule has 1 aliphatic rings. The molecule has 0 N–H and O–H groups in total. The van der Waals surface area contributed by atoms with Gasteiger partial charge in [-0.15, -0.1) is 0 Å². The molecule has 0 amide bonds. The maximum atomic E-state index is 12.7. The van der Waals surface area contributed by atoms with Crippen molar-refractivity contribution >= 4 is 90.0 Å². The Morgan fingerprint density at radius 2 is 1.91 bits per heavy atom. The number of rotatable bonds is 6. The van der Waals surface area contributed by atoms with Crippen LogP contribution in [0.25, 0.3) is 6.08 Å². The van der Waals surface area contributed by atoms with E-state index in [-0.39, 0.29) is 27.9 Å². The van der Waals surface area contributed by atoms with Crippen LogP contribution in [0.5, 0.6) is 11.5 Å². The maximum absolute atomic E-state index is 12.7. The second kappa shape index (κ2) is 11.2. The fraction of sp³-hybridized carbons (Fsp3) is 0.0800. The Hall–Kier alpha value is -2.21. The van der Waals surface area contributed by atoms with Gasteiger partial charge in [0.25, 0.3) is 0 Å². The summed E-state index contributed by atoms with van der Waals surface area (Å²) >= 11 is 15.2. The predicted octanol–water partition coefficient (Wildman–Crippen LogP) is 7.43. The molecule has 0 aliphatic carbocycles. The van der Waals surface area contributed by atoms with E-state index in [0.29, 0.717) is 28.0 Å². The number of cyclic esters (lactones) is 1. The first-order valence-corrected chi connectivity index (χ1v) is 13.2. The highest BCUT2D eigenvalue weighted by Gasteiger charge is 2.25. The minimum Gasteiger partial charge on any atom is -0.490 e. The van der Waals surface area contributed by atoms with Gasteiger partial charge in [0.15, 0.2) is 17.2 Å². The van der Waals surface area contributed by atoms with Crippen molar-refractivity contribution in [3.8, 4) is 11.5 Å². The van der Waals surface area contributed by atoms with Crippen LogP contribution in [0, 0.1) is 3.57 Å². The SMILES string of the molecule is CCOc1cc(/C=C2\N=C(c3ccc(I)c(Br)c3)OC2=O)cc(Br)c1OC(=O)c1ccccc1Cl. The smallest absolute Gasteiger partial charge is 0.363 e. The summed E-state index contributed by atoms with van der Waals surface area (Å²) in [6, 6.07) is 15.5. The Morgan fingerprint density at radius 1 is 1.14 bits per heavy atom. The van der Waals surface area contributed by atoms with Gasteiger partial charge in [0.1, 0.15) is 0 Å². The average Bonchev–Trinajstić information content (AvgIpc) is 3.18. The average molecular weight is 732 g/mol. The largest absolute Gasteiger partial charge is 0.490 e. The van der Waals surface area contributed by atoms with Gasteiger partial charge in [0, 0.05) is 13.6 Å². The van der Waals surface area contributed by atoms with Gasteiger partial charge in [0.2, 0.25) is 5.90 Å². The van der Waals surface area contributed by atoms with Crippen LogP contribution in [0.15, 0.2) is 74.2 Å². The van der Waals surface area contributed by atoms with Crippen molar-refractivity contribution in [1.82, 2.24) is 0 Å². The van der Waals surface area contributed by atoms with E-state index >= 15 is 0 Å². The number of nitrogens with zero attached hydrogens (tertiary/aromatic N) is 1. The Morgan fingerprint density at radius 3 is 2.63 bits per heavy atom. The Labute approximate surface area is 236 Å². The van der Waals surface area contributed by atoms with Crippen LogP contribution in [0.3, 0.4) is 0 Å². The van der Waals surface area contributed by atoms with Crippen molar-refractivity contribution in [3.05, 3.63) is 94.5 Å². The number of carbonyl (C=O) groups excluding carboxylic acids is 2. The van der Waals surface area contributed by atoms with Gasteiger partial charge in [-0.25, -0.2) is 14.6 Å². The topological polar surface area (TPSA) is 74.2 Å². The fourth-order valence-corrected chi connectivity index (χ4v) is 4.60. The third-order valence-corrected chi connectivity index (χ3v) is 7.97. The van der Waals surface area contributed by atoms with E-state index in [2.05, 4.69) is 59.4 Å². The first-order valence-electron chi connectivity index (χ1n) is 10.2. The molecule has 3 aromatic carbocycles. The van der Waals surface area contributed by atoms with Gasteiger partial charge < -0.3 is 14.2 Å². The zero-order valence-corrected chi connectivity index (χ0v) is 24.1. The summed E-state index contributed by atoms with van der Waals surface area (Å²) in [6.45, 7) is 2.14. The monoisotopic (exact) mass is 729 g/mol. The van der Waals surface area contributed by atoms with Crippen LogP contribution in [0.1, 0.15) is 28.4 Å². The van der Waals surface area contributed by atoms with Crippen molar-refractivity contribution < 1.29 is 23.8 Å². The van der Waals surface area contributed by atoms with E-state index < -0.39 is 11.9 Å². The van der Waals surface area contributed by atoms with Crippen molar-refractivity contribution in [1.29, 1.82) is 0 Å². The zero-order valence-electron chi connectivity index (χ0n) is 18.0. The van der Waals surface area contributed by atoms with Gasteiger partial charge in [0.05, 0.1) is 21.7 Å². The number of benzene rings is 3. The summed E-state index contributed by atoms with van der Waals surface area (Å²) in [5, 5.41) is 0.279. The fourth-order valence-electron chi connectivity index (χ4n) is 3.13. The molecule has 0 radical (unpaired) electrons. The minimum atomic E-state index is -0.624. The summed E-state index contributed by atoms with van der Waals surface area (Å²) < 4.78 is 19.0. The minimum absolute atomic E-state index is 0.129. The molecule has 0 saturated carbocycles. The number of aliphatic imine (C=N–C) groups is 1. The van der Waals surface area contributed by atoms with Crippen LogP contribution < -0.4 is 9.47 Å². The van der Waals surface area contributed by atoms with Gasteiger partial charge in [-0.2, -0.15) is 0 Å². The molecule has 0 saturated heterocycles. The molecule has 0 bridgehead atoms. The molecule has 0 fully saturated rings. The number of hydrogen-bond donors (Lipinski definition) is 0. The van der Waals surface area contributed by atoms with Crippen molar-refractivity contribution in [2.75, 3.05) is 6.61 Å². The number of esters is 2. The standard InChI is InChI=1S/C25H15Br2ClINO5/c1-2-33-21-11-13(9-17(27)22(21)34-24(31)15-5-3-4-6-18(15)28)10-20-25(32)35-23(30-20)14-7-8-19(29)16(26)12-14/h3-12H,2H2,1H3/b20-10-. The van der Waals surface area contributed by atoms with Gasteiger partial charge >= 0.3 is 11.9 Å². The number of carbonyl (C=O) groups is 2. The third kappa shape index (κ3) is 5.96. The molecule has 0 spiro atoms. The maximum Gasteiger partial charge on any atom is 0.363 e. The number of halogens is 4. The number of hydrogen-bond acceptors (Lipinski definition) is 6. The van der Waals surface area contributed by atoms with Crippen LogP contribution >= 0.6 is 66.1 Å². The molecule has 6 nitrogen and oxygen atoms in total. The molecule has 4 rings (SSSR count). The summed E-state index contributed by atoms with van der Waals surface area (Å²) in [6.07, 6.45) is 1.57. The Kier molecular flexibility index (Phi) is 8.31. The van der Waals surface area contributed by atoms with Crippen LogP contribution in [0.2, 0.25) is 5.02 Å². The molecular formula is C25H15Br2ClINO5. The lowest BCUT2D eigenvalue weighted by atomic mass is 10.1. The second-order valence-electron chi connectivity index (χ2n) is 7.10. The first-order chi connectivity index (χ1) is 16.8. The molecule has 1 heterocycles. The molecule has 35 heavy (non-hydrogen) atoms. The lowest BCUT2D eigenvalue weighted by Crippen LogP contribution is -2.11. The molecule has 0 aromatic heterocycles. The highest BCUT2D eigenvalue weighted by atomic mass is 127. The van der Waals surface area contributed by atoms with E-state index in [1.165, 1.54) is 0 Å². The lowest BCUT2D eigenvalue weighted by molar-refractivity contribution is -0.129. The van der Waals surface area contributed by atoms with Crippen LogP contribution in [0.4, 0.5) is 0 Å². The van der Waals surface area contributed by atoms with E-state index in [0.717, 1.165) is 8.04 Å². The van der Waals surface area contributed by atoms with E-state index in [9.17, 15) is 9.59 Å². The molecule has 0 atom stereocenters. The molecule has 178 valence electrons. The molecule has 1 aliphatic heterocycles. The predicted molar refractivity (Wildman–Crippen MR) is 149 cm³/mol. The Balaban J connectivity index is 1.66. The molecule has 10 heteroatoms. The summed E-state index contributed by atoms with van der Waals surface area (Å²) in [5.41, 5.74) is 1.63. The summed E-state index contributed by atoms with van der Waals surface area (Å²) in [4.78, 5) is 29.5. The van der Waals surface area contributed by atoms with Crippen molar-refractivity contribution in [2.45, 2.75) is 6.92 Å². The molecule has 3 aromatic rings. The first kappa shape index (κ1) is 25.9. The van der Waals surface area contributed by atoms with Gasteiger partial charge in [-0.05, 0) is 115 Å². The molecule has 0 unspecified atom stereocenters. The highest BCUT2D eigenvalue weighted by Crippen LogP contribution is 2.38. The summed E-state index contributed by atoms with van der Waals surface area (Å²) in [7, 11) is 0. The zero-order chi connectivity index (χ0) is 25.1. The second-order valence-corrected chi connectivity index (χ2v) is 10.4. The Bertz CT molecular complexity index is 1410. The normalized spacial score (nSPS) is 14.0. The molecular weight excluding hydrogens is 716 g/mol. The van der Waals surface area contributed by atoms with Crippen LogP contribution in [-0.4, -0.2) is 24.4 Å². The number of ether oxygens (including phenoxy) is 3. The quantitative estimate of drug-likeness (QED) is 0.114. The highest BCUT2D eigenvalue weighted by molar-refractivity contribution is 14.1. The van der Waals surface area contributed by atoms with Gasteiger partial charge in [-0.3, -0.25) is 0 Å². The van der Waals surface area contributed by atoms with Crippen molar-refractivity contribution in [2.24, 2.45) is 4.99 Å². The third-order valence-electron chi connectivity index (χ3n) is 4.71. The van der Waals surface area contributed by atoms with Crippen LogP contribution in [-0.2, 0) is 9.53 Å². The van der Waals surface area contributed by atoms with Crippen molar-refractivity contribution in [3.63, 3.8) is 0 Å². The lowest BCUT2D eigenvalue weighted by Gasteiger charge is -2.14. The van der Waals surface area contributed by atoms with E-state index in [1.54, 1.807) is 42.5 Å².